The van der Waals surface area contributed by atoms with E-state index in [1.54, 1.807) is 13.8 Å². The highest BCUT2D eigenvalue weighted by atomic mass is 16.1. The van der Waals surface area contributed by atoms with Crippen LogP contribution in [0.25, 0.3) is 11.2 Å². The van der Waals surface area contributed by atoms with Crippen LogP contribution < -0.4 is 11.3 Å². The van der Waals surface area contributed by atoms with E-state index in [1.807, 2.05) is 0 Å². The van der Waals surface area contributed by atoms with Gasteiger partial charge in [-0.25, -0.2) is 15.0 Å². The maximum atomic E-state index is 11.6. The lowest BCUT2D eigenvalue weighted by Crippen LogP contribution is -2.12. The summed E-state index contributed by atoms with van der Waals surface area (Å²) in [4.78, 5) is 30.0. The zero-order valence-electron chi connectivity index (χ0n) is 8.85. The summed E-state index contributed by atoms with van der Waals surface area (Å²) in [5.74, 6) is 0.453. The first-order valence-electron chi connectivity index (χ1n) is 4.64. The number of fused-ring (bicyclic) bond motifs is 1. The molecule has 3 N–H and O–H groups in total. The van der Waals surface area contributed by atoms with E-state index in [0.717, 1.165) is 0 Å². The van der Waals surface area contributed by atoms with Crippen molar-refractivity contribution in [2.75, 3.05) is 5.73 Å². The van der Waals surface area contributed by atoms with Crippen molar-refractivity contribution in [3.05, 3.63) is 16.0 Å². The quantitative estimate of drug-likeness (QED) is 0.670. The van der Waals surface area contributed by atoms with Crippen LogP contribution in [-0.2, 0) is 0 Å². The van der Waals surface area contributed by atoms with Crippen LogP contribution in [0.3, 0.4) is 0 Å². The zero-order chi connectivity index (χ0) is 11.7. The molecule has 82 valence electrons. The molecule has 16 heavy (non-hydrogen) atoms. The fourth-order valence-corrected chi connectivity index (χ4v) is 1.23. The van der Waals surface area contributed by atoms with Crippen LogP contribution in [-0.4, -0.2) is 26.2 Å². The molecule has 2 aromatic rings. The number of nitrogens with zero attached hydrogens (tertiary/aromatic N) is 4. The topological polar surface area (TPSA) is 110 Å². The van der Waals surface area contributed by atoms with Gasteiger partial charge in [-0.1, -0.05) is 0 Å². The molecule has 0 aliphatic rings. The monoisotopic (exact) mass is 218 g/mol. The summed E-state index contributed by atoms with van der Waals surface area (Å²) in [6.07, 6.45) is 1.52. The second kappa shape index (κ2) is 3.69. The Balaban J connectivity index is 2.82. The Kier molecular flexibility index (Phi) is 2.35. The molecule has 2 rings (SSSR count). The van der Waals surface area contributed by atoms with Gasteiger partial charge < -0.3 is 5.73 Å². The average Bonchev–Trinajstić information content (AvgIpc) is 2.22. The number of H-pyrrole nitrogens is 1. The molecule has 0 fully saturated rings. The van der Waals surface area contributed by atoms with Gasteiger partial charge in [0.2, 0.25) is 5.95 Å². The van der Waals surface area contributed by atoms with E-state index < -0.39 is 0 Å². The van der Waals surface area contributed by atoms with Crippen molar-refractivity contribution in [3.8, 4) is 0 Å². The summed E-state index contributed by atoms with van der Waals surface area (Å²) < 4.78 is 0. The van der Waals surface area contributed by atoms with Crippen LogP contribution in [0.2, 0.25) is 0 Å². The van der Waals surface area contributed by atoms with Gasteiger partial charge in [0.1, 0.15) is 5.82 Å². The summed E-state index contributed by atoms with van der Waals surface area (Å²) in [7, 11) is 0. The fraction of sp³-hybridized carbons (Fsp3) is 0.222. The molecule has 0 radical (unpaired) electrons. The van der Waals surface area contributed by atoms with E-state index in [-0.39, 0.29) is 28.5 Å². The molecule has 2 aromatic heterocycles. The van der Waals surface area contributed by atoms with Gasteiger partial charge in [-0.15, -0.1) is 0 Å². The van der Waals surface area contributed by atoms with Crippen molar-refractivity contribution in [2.24, 2.45) is 4.99 Å². The highest BCUT2D eigenvalue weighted by Gasteiger charge is 2.08. The average molecular weight is 218 g/mol. The maximum absolute atomic E-state index is 11.6. The van der Waals surface area contributed by atoms with E-state index in [0.29, 0.717) is 5.69 Å². The van der Waals surface area contributed by atoms with E-state index in [4.69, 9.17) is 5.73 Å². The van der Waals surface area contributed by atoms with Crippen LogP contribution in [0.1, 0.15) is 12.6 Å². The van der Waals surface area contributed by atoms with Gasteiger partial charge in [-0.2, -0.15) is 4.98 Å². The molecule has 0 atom stereocenters. The summed E-state index contributed by atoms with van der Waals surface area (Å²) in [5.41, 5.74) is 6.10. The number of aliphatic imine (C=N–C) groups is 1. The van der Waals surface area contributed by atoms with Crippen molar-refractivity contribution in [1.29, 1.82) is 0 Å². The molecule has 7 heteroatoms. The molecule has 0 unspecified atom stereocenters. The van der Waals surface area contributed by atoms with E-state index in [2.05, 4.69) is 24.9 Å². The van der Waals surface area contributed by atoms with Gasteiger partial charge in [0, 0.05) is 6.21 Å². The van der Waals surface area contributed by atoms with Crippen LogP contribution in [0, 0.1) is 6.92 Å². The SMILES string of the molecule is CC=Nc1nc2nc(N)c(C)nc2c(=O)[nH]1. The fourth-order valence-electron chi connectivity index (χ4n) is 1.23. The highest BCUT2D eigenvalue weighted by Crippen LogP contribution is 2.10. The minimum absolute atomic E-state index is 0.168. The molecule has 2 heterocycles. The van der Waals surface area contributed by atoms with E-state index in [1.165, 1.54) is 6.21 Å². The number of nitrogens with two attached hydrogens (primary N) is 1. The summed E-state index contributed by atoms with van der Waals surface area (Å²) in [5, 5.41) is 0. The Hall–Kier alpha value is -2.31. The largest absolute Gasteiger partial charge is 0.382 e. The van der Waals surface area contributed by atoms with Crippen molar-refractivity contribution in [3.63, 3.8) is 0 Å². The lowest BCUT2D eigenvalue weighted by atomic mass is 10.4. The third-order valence-corrected chi connectivity index (χ3v) is 1.99. The summed E-state index contributed by atoms with van der Waals surface area (Å²) in [6, 6.07) is 0. The van der Waals surface area contributed by atoms with E-state index >= 15 is 0 Å². The van der Waals surface area contributed by atoms with Crippen molar-refractivity contribution in [1.82, 2.24) is 19.9 Å². The number of nitrogens with one attached hydrogen (secondary N) is 1. The number of aryl methyl sites for hydroxylation is 1. The summed E-state index contributed by atoms with van der Waals surface area (Å²) in [6.45, 7) is 3.40. The van der Waals surface area contributed by atoms with Crippen LogP contribution in [0.4, 0.5) is 11.8 Å². The maximum Gasteiger partial charge on any atom is 0.280 e. The predicted molar refractivity (Wildman–Crippen MR) is 60.9 cm³/mol. The van der Waals surface area contributed by atoms with Crippen molar-refractivity contribution in [2.45, 2.75) is 13.8 Å². The first-order chi connectivity index (χ1) is 7.61. The Morgan fingerprint density at radius 3 is 2.81 bits per heavy atom. The molecule has 0 spiro atoms. The number of rotatable bonds is 1. The Morgan fingerprint density at radius 1 is 1.38 bits per heavy atom. The number of aromatic nitrogens is 4. The van der Waals surface area contributed by atoms with Gasteiger partial charge in [-0.3, -0.25) is 9.78 Å². The van der Waals surface area contributed by atoms with Crippen molar-refractivity contribution < 1.29 is 0 Å². The van der Waals surface area contributed by atoms with Crippen molar-refractivity contribution >= 4 is 29.1 Å². The smallest absolute Gasteiger partial charge is 0.280 e. The second-order valence-corrected chi connectivity index (χ2v) is 3.14. The molecular formula is C9H10N6O. The number of hydrogen-bond acceptors (Lipinski definition) is 6. The Bertz CT molecular complexity index is 630. The molecule has 7 nitrogen and oxygen atoms in total. The summed E-state index contributed by atoms with van der Waals surface area (Å²) >= 11 is 0. The molecule has 0 saturated carbocycles. The number of hydrogen-bond donors (Lipinski definition) is 2. The Labute approximate surface area is 90.5 Å². The second-order valence-electron chi connectivity index (χ2n) is 3.14. The molecular weight excluding hydrogens is 208 g/mol. The first kappa shape index (κ1) is 10.2. The number of aromatic amines is 1. The van der Waals surface area contributed by atoms with E-state index in [9.17, 15) is 4.79 Å². The van der Waals surface area contributed by atoms with Gasteiger partial charge in [0.05, 0.1) is 5.69 Å². The minimum atomic E-state index is -0.374. The first-order valence-corrected chi connectivity index (χ1v) is 4.64. The standard InChI is InChI=1S/C9H10N6O/c1-3-11-9-14-7-5(8(16)15-9)12-4(2)6(10)13-7/h3H,1-2H3,(H3,10,13,14,15,16). The minimum Gasteiger partial charge on any atom is -0.382 e. The predicted octanol–water partition coefficient (Wildman–Crippen LogP) is 0.326. The van der Waals surface area contributed by atoms with Crippen LogP contribution in [0.15, 0.2) is 9.79 Å². The third kappa shape index (κ3) is 1.62. The van der Waals surface area contributed by atoms with Crippen LogP contribution >= 0.6 is 0 Å². The number of anilines is 1. The lowest BCUT2D eigenvalue weighted by molar-refractivity contribution is 1.08. The lowest BCUT2D eigenvalue weighted by Gasteiger charge is -2.00. The molecule has 0 bridgehead atoms. The highest BCUT2D eigenvalue weighted by molar-refractivity contribution is 5.72. The number of nitrogen functional groups attached to an aromatic ring is 1. The van der Waals surface area contributed by atoms with Gasteiger partial charge in [0.15, 0.2) is 11.2 Å². The molecule has 0 saturated heterocycles. The van der Waals surface area contributed by atoms with Gasteiger partial charge >= 0.3 is 0 Å². The molecule has 0 aliphatic heterocycles. The Morgan fingerprint density at radius 2 is 2.12 bits per heavy atom. The molecule has 0 aromatic carbocycles. The molecule has 0 aliphatic carbocycles. The van der Waals surface area contributed by atoms with Gasteiger partial charge in [0.25, 0.3) is 5.56 Å². The third-order valence-electron chi connectivity index (χ3n) is 1.99. The normalized spacial score (nSPS) is 11.4. The zero-order valence-corrected chi connectivity index (χ0v) is 8.85. The molecule has 0 amide bonds. The van der Waals surface area contributed by atoms with Crippen LogP contribution in [0.5, 0.6) is 0 Å². The van der Waals surface area contributed by atoms with Gasteiger partial charge in [-0.05, 0) is 13.8 Å².